The van der Waals surface area contributed by atoms with Crippen molar-refractivity contribution in [2.24, 2.45) is 0 Å². The van der Waals surface area contributed by atoms with E-state index in [-0.39, 0.29) is 38.3 Å². The van der Waals surface area contributed by atoms with E-state index in [9.17, 15) is 9.59 Å². The minimum absolute atomic E-state index is 0.0495. The SMILES string of the molecule is O=C(O)c1c(Cl)c(Cl)c(Br)c(Cl)c1C(=O)NCCO. The highest BCUT2D eigenvalue weighted by Gasteiger charge is 2.28. The maximum Gasteiger partial charge on any atom is 0.338 e. The van der Waals surface area contributed by atoms with Crippen LogP contribution in [0.2, 0.25) is 15.1 Å². The fourth-order valence-corrected chi connectivity index (χ4v) is 2.60. The summed E-state index contributed by atoms with van der Waals surface area (Å²) in [5, 5.41) is 19.5. The Hall–Kier alpha value is -0.530. The van der Waals surface area contributed by atoms with Crippen molar-refractivity contribution in [3.05, 3.63) is 30.7 Å². The van der Waals surface area contributed by atoms with Crippen molar-refractivity contribution >= 4 is 62.6 Å². The van der Waals surface area contributed by atoms with Gasteiger partial charge in [0.15, 0.2) is 0 Å². The molecule has 1 aromatic rings. The fraction of sp³-hybridized carbons (Fsp3) is 0.200. The summed E-state index contributed by atoms with van der Waals surface area (Å²) in [6.45, 7) is -0.347. The van der Waals surface area contributed by atoms with Crippen molar-refractivity contribution in [3.63, 3.8) is 0 Å². The highest BCUT2D eigenvalue weighted by molar-refractivity contribution is 9.10. The Labute approximate surface area is 131 Å². The van der Waals surface area contributed by atoms with Gasteiger partial charge in [-0.3, -0.25) is 4.79 Å². The molecule has 9 heteroatoms. The molecule has 104 valence electrons. The Bertz CT molecular complexity index is 550. The van der Waals surface area contributed by atoms with Gasteiger partial charge in [0, 0.05) is 6.54 Å². The molecule has 1 rings (SSSR count). The molecule has 1 amide bonds. The van der Waals surface area contributed by atoms with Crippen molar-refractivity contribution in [2.75, 3.05) is 13.2 Å². The van der Waals surface area contributed by atoms with E-state index in [1.807, 2.05) is 0 Å². The summed E-state index contributed by atoms with van der Waals surface area (Å²) in [6, 6.07) is 0. The molecule has 0 aromatic heterocycles. The van der Waals surface area contributed by atoms with Gasteiger partial charge in [-0.25, -0.2) is 4.79 Å². The lowest BCUT2D eigenvalue weighted by Gasteiger charge is -2.13. The average Bonchev–Trinajstić information content (AvgIpc) is 2.36. The van der Waals surface area contributed by atoms with Gasteiger partial charge in [0.1, 0.15) is 0 Å². The van der Waals surface area contributed by atoms with E-state index in [0.717, 1.165) is 0 Å². The van der Waals surface area contributed by atoms with Crippen LogP contribution in [0.5, 0.6) is 0 Å². The fourth-order valence-electron chi connectivity index (χ4n) is 1.30. The summed E-state index contributed by atoms with van der Waals surface area (Å²) in [5.74, 6) is -2.20. The molecule has 0 saturated carbocycles. The van der Waals surface area contributed by atoms with Crippen LogP contribution in [0, 0.1) is 0 Å². The number of carboxylic acids is 1. The lowest BCUT2D eigenvalue weighted by atomic mass is 10.1. The zero-order valence-electron chi connectivity index (χ0n) is 9.14. The van der Waals surface area contributed by atoms with Crippen molar-refractivity contribution in [2.45, 2.75) is 0 Å². The quantitative estimate of drug-likeness (QED) is 0.544. The molecular formula is C10H7BrCl3NO4. The van der Waals surface area contributed by atoms with Gasteiger partial charge in [-0.15, -0.1) is 0 Å². The van der Waals surface area contributed by atoms with Crippen LogP contribution in [0.3, 0.4) is 0 Å². The first-order valence-corrected chi connectivity index (χ1v) is 6.73. The molecule has 5 nitrogen and oxygen atoms in total. The van der Waals surface area contributed by atoms with Gasteiger partial charge in [0.05, 0.1) is 37.3 Å². The second-order valence-corrected chi connectivity index (χ2v) is 5.22. The van der Waals surface area contributed by atoms with Crippen LogP contribution in [0.25, 0.3) is 0 Å². The smallest absolute Gasteiger partial charge is 0.338 e. The summed E-state index contributed by atoms with van der Waals surface area (Å²) in [4.78, 5) is 23.1. The zero-order chi connectivity index (χ0) is 14.7. The van der Waals surface area contributed by atoms with E-state index < -0.39 is 17.4 Å². The van der Waals surface area contributed by atoms with E-state index in [1.165, 1.54) is 0 Å². The molecule has 0 atom stereocenters. The Kier molecular flexibility index (Phi) is 5.88. The molecule has 3 N–H and O–H groups in total. The molecular weight excluding hydrogens is 384 g/mol. The topological polar surface area (TPSA) is 86.6 Å². The minimum Gasteiger partial charge on any atom is -0.478 e. The molecule has 0 heterocycles. The number of carbonyl (C=O) groups is 2. The van der Waals surface area contributed by atoms with E-state index in [2.05, 4.69) is 21.2 Å². The number of amides is 1. The number of hydrogen-bond acceptors (Lipinski definition) is 3. The number of aliphatic hydroxyl groups excluding tert-OH is 1. The molecule has 0 fully saturated rings. The molecule has 19 heavy (non-hydrogen) atoms. The number of rotatable bonds is 4. The van der Waals surface area contributed by atoms with E-state index in [0.29, 0.717) is 0 Å². The predicted molar refractivity (Wildman–Crippen MR) is 75.6 cm³/mol. The van der Waals surface area contributed by atoms with E-state index in [1.54, 1.807) is 0 Å². The summed E-state index contributed by atoms with van der Waals surface area (Å²) in [7, 11) is 0. The summed E-state index contributed by atoms with van der Waals surface area (Å²) < 4.78 is 0.125. The highest BCUT2D eigenvalue weighted by atomic mass is 79.9. The second kappa shape index (κ2) is 6.76. The second-order valence-electron chi connectivity index (χ2n) is 3.29. The highest BCUT2D eigenvalue weighted by Crippen LogP contribution is 2.41. The van der Waals surface area contributed by atoms with Crippen LogP contribution in [0.15, 0.2) is 4.47 Å². The van der Waals surface area contributed by atoms with Gasteiger partial charge in [-0.2, -0.15) is 0 Å². The molecule has 1 aromatic carbocycles. The monoisotopic (exact) mass is 389 g/mol. The average molecular weight is 391 g/mol. The lowest BCUT2D eigenvalue weighted by molar-refractivity contribution is 0.0691. The largest absolute Gasteiger partial charge is 0.478 e. The van der Waals surface area contributed by atoms with Crippen molar-refractivity contribution in [3.8, 4) is 0 Å². The Morgan fingerprint density at radius 1 is 1.11 bits per heavy atom. The summed E-state index contributed by atoms with van der Waals surface area (Å²) in [5.41, 5.74) is -0.806. The zero-order valence-corrected chi connectivity index (χ0v) is 13.0. The van der Waals surface area contributed by atoms with Crippen molar-refractivity contribution in [1.29, 1.82) is 0 Å². The van der Waals surface area contributed by atoms with Crippen LogP contribution in [-0.2, 0) is 0 Å². The van der Waals surface area contributed by atoms with E-state index >= 15 is 0 Å². The molecule has 0 aliphatic heterocycles. The molecule has 0 unspecified atom stereocenters. The first kappa shape index (κ1) is 16.5. The van der Waals surface area contributed by atoms with Gasteiger partial charge in [0.25, 0.3) is 5.91 Å². The maximum atomic E-state index is 11.9. The number of hydrogen-bond donors (Lipinski definition) is 3. The van der Waals surface area contributed by atoms with Crippen LogP contribution in [-0.4, -0.2) is 35.2 Å². The van der Waals surface area contributed by atoms with Crippen molar-refractivity contribution < 1.29 is 19.8 Å². The third kappa shape index (κ3) is 3.32. The standard InChI is InChI=1S/C10H7BrCl3NO4/c11-5-6(12)3(9(17)15-1-2-16)4(10(18)19)7(13)8(5)14/h16H,1-2H2,(H,15,17)(H,18,19). The maximum absolute atomic E-state index is 11.9. The first-order valence-electron chi connectivity index (χ1n) is 4.81. The normalized spacial score (nSPS) is 10.4. The Balaban J connectivity index is 3.52. The summed E-state index contributed by atoms with van der Waals surface area (Å²) in [6.07, 6.45) is 0. The number of nitrogens with one attached hydrogen (secondary N) is 1. The van der Waals surface area contributed by atoms with Gasteiger partial charge in [-0.05, 0) is 15.9 Å². The van der Waals surface area contributed by atoms with Crippen molar-refractivity contribution in [1.82, 2.24) is 5.32 Å². The third-order valence-corrected chi connectivity index (χ3v) is 4.59. The third-order valence-electron chi connectivity index (χ3n) is 2.11. The van der Waals surface area contributed by atoms with E-state index in [4.69, 9.17) is 45.0 Å². The van der Waals surface area contributed by atoms with Crippen LogP contribution in [0.1, 0.15) is 20.7 Å². The number of benzene rings is 1. The Morgan fingerprint density at radius 2 is 1.68 bits per heavy atom. The van der Waals surface area contributed by atoms with Gasteiger partial charge < -0.3 is 15.5 Å². The molecule has 0 bridgehead atoms. The summed E-state index contributed by atoms with van der Waals surface area (Å²) >= 11 is 20.6. The predicted octanol–water partition coefficient (Wildman–Crippen LogP) is 2.83. The Morgan fingerprint density at radius 3 is 2.16 bits per heavy atom. The number of carbonyl (C=O) groups excluding carboxylic acids is 1. The molecule has 0 aliphatic carbocycles. The first-order chi connectivity index (χ1) is 8.82. The molecule has 0 radical (unpaired) electrons. The van der Waals surface area contributed by atoms with Crippen LogP contribution >= 0.6 is 50.7 Å². The minimum atomic E-state index is -1.43. The number of halogens is 4. The number of aromatic carboxylic acids is 1. The van der Waals surface area contributed by atoms with Gasteiger partial charge >= 0.3 is 5.97 Å². The van der Waals surface area contributed by atoms with Crippen LogP contribution < -0.4 is 5.32 Å². The lowest BCUT2D eigenvalue weighted by Crippen LogP contribution is -2.28. The van der Waals surface area contributed by atoms with Crippen LogP contribution in [0.4, 0.5) is 0 Å². The van der Waals surface area contributed by atoms with Gasteiger partial charge in [-0.1, -0.05) is 34.8 Å². The molecule has 0 aliphatic rings. The van der Waals surface area contributed by atoms with Gasteiger partial charge in [0.2, 0.25) is 0 Å². The number of carboxylic acid groups (broad SMARTS) is 1. The molecule has 0 spiro atoms. The number of aliphatic hydroxyl groups is 1. The molecule has 0 saturated heterocycles.